The van der Waals surface area contributed by atoms with Crippen molar-refractivity contribution in [3.63, 3.8) is 0 Å². The average Bonchev–Trinajstić information content (AvgIpc) is 2.54. The number of carbonyl (C=O) groups is 2. The molecule has 1 aliphatic rings. The van der Waals surface area contributed by atoms with Crippen molar-refractivity contribution in [2.75, 3.05) is 7.11 Å². The van der Waals surface area contributed by atoms with Gasteiger partial charge in [0.1, 0.15) is 11.4 Å². The number of methoxy groups -OCH3 is 1. The molecule has 0 spiro atoms. The van der Waals surface area contributed by atoms with Crippen LogP contribution in [0.1, 0.15) is 21.0 Å². The number of fused-ring (bicyclic) bond motifs is 1. The number of imidazole rings is 1. The second-order valence-electron chi connectivity index (χ2n) is 2.96. The Morgan fingerprint density at radius 1 is 1.43 bits per heavy atom. The Kier molecular flexibility index (Phi) is 1.73. The lowest BCUT2D eigenvalue weighted by Gasteiger charge is -2.10. The van der Waals surface area contributed by atoms with Gasteiger partial charge in [0.05, 0.1) is 13.4 Å². The summed E-state index contributed by atoms with van der Waals surface area (Å²) in [4.78, 5) is 26.9. The van der Waals surface area contributed by atoms with Crippen molar-refractivity contribution in [1.29, 1.82) is 0 Å². The van der Waals surface area contributed by atoms with Crippen LogP contribution in [0.15, 0.2) is 18.2 Å². The molecule has 0 fully saturated rings. The van der Waals surface area contributed by atoms with Crippen molar-refractivity contribution in [2.24, 2.45) is 7.05 Å². The van der Waals surface area contributed by atoms with Crippen molar-refractivity contribution < 1.29 is 14.3 Å². The normalized spacial score (nSPS) is 15.1. The van der Waals surface area contributed by atoms with Crippen molar-refractivity contribution in [3.8, 4) is 0 Å². The van der Waals surface area contributed by atoms with Crippen molar-refractivity contribution in [2.45, 2.75) is 0 Å². The highest BCUT2D eigenvalue weighted by atomic mass is 16.5. The zero-order valence-corrected chi connectivity index (χ0v) is 7.77. The molecule has 0 saturated heterocycles. The largest absolute Gasteiger partial charge is 0.492 e. The van der Waals surface area contributed by atoms with Crippen LogP contribution in [-0.4, -0.2) is 28.2 Å². The number of Topliss-reactive ketones (excluding diaryl/α,β-unsaturated/α-hetero) is 1. The molecule has 1 aliphatic carbocycles. The number of nitrogens with zero attached hydrogens (tertiary/aromatic N) is 2. The zero-order chi connectivity index (χ0) is 10.3. The molecule has 1 aromatic rings. The van der Waals surface area contributed by atoms with Gasteiger partial charge >= 0.3 is 0 Å². The van der Waals surface area contributed by atoms with Gasteiger partial charge in [-0.15, -0.1) is 0 Å². The first-order valence-electron chi connectivity index (χ1n) is 4.01. The van der Waals surface area contributed by atoms with Crippen LogP contribution in [0.2, 0.25) is 0 Å². The van der Waals surface area contributed by atoms with Gasteiger partial charge < -0.3 is 9.30 Å². The van der Waals surface area contributed by atoms with E-state index in [1.54, 1.807) is 7.05 Å². The molecular formula is C9H8N2O3. The number of hydrogen-bond donors (Lipinski definition) is 0. The lowest BCUT2D eigenvalue weighted by atomic mass is 10.0. The third-order valence-corrected chi connectivity index (χ3v) is 2.09. The fraction of sp³-hybridized carbons (Fsp3) is 0.222. The average molecular weight is 192 g/mol. The summed E-state index contributed by atoms with van der Waals surface area (Å²) in [6.07, 6.45) is 2.60. The van der Waals surface area contributed by atoms with Crippen LogP contribution >= 0.6 is 0 Å². The first-order valence-corrected chi connectivity index (χ1v) is 4.01. The van der Waals surface area contributed by atoms with Crippen molar-refractivity contribution in [3.05, 3.63) is 29.6 Å². The predicted octanol–water partition coefficient (Wildman–Crippen LogP) is 0.329. The Balaban J connectivity index is 2.63. The molecule has 14 heavy (non-hydrogen) atoms. The highest BCUT2D eigenvalue weighted by molar-refractivity contribution is 6.22. The number of hydrogen-bond acceptors (Lipinski definition) is 4. The molecule has 2 rings (SSSR count). The van der Waals surface area contributed by atoms with E-state index in [9.17, 15) is 9.59 Å². The summed E-state index contributed by atoms with van der Waals surface area (Å²) in [6.45, 7) is 0. The molecule has 0 atom stereocenters. The first-order chi connectivity index (χ1) is 6.65. The number of rotatable bonds is 1. The summed E-state index contributed by atoms with van der Waals surface area (Å²) in [6, 6.07) is 0. The molecule has 72 valence electrons. The summed E-state index contributed by atoms with van der Waals surface area (Å²) in [5, 5.41) is 0. The summed E-state index contributed by atoms with van der Waals surface area (Å²) in [5.41, 5.74) is 0.479. The molecule has 1 heterocycles. The molecule has 5 nitrogen and oxygen atoms in total. The molecule has 0 amide bonds. The minimum Gasteiger partial charge on any atom is -0.492 e. The Morgan fingerprint density at radius 3 is 2.79 bits per heavy atom. The molecule has 0 radical (unpaired) electrons. The van der Waals surface area contributed by atoms with Gasteiger partial charge in [0, 0.05) is 13.1 Å². The van der Waals surface area contributed by atoms with E-state index in [0.29, 0.717) is 0 Å². The maximum absolute atomic E-state index is 11.7. The van der Waals surface area contributed by atoms with Crippen LogP contribution in [0.4, 0.5) is 0 Å². The number of carbonyl (C=O) groups excluding carboxylic acids is 2. The predicted molar refractivity (Wildman–Crippen MR) is 47.0 cm³/mol. The zero-order valence-electron chi connectivity index (χ0n) is 7.77. The van der Waals surface area contributed by atoms with Gasteiger partial charge in [-0.1, -0.05) is 0 Å². The van der Waals surface area contributed by atoms with E-state index >= 15 is 0 Å². The standard InChI is InChI=1S/C9H8N2O3/c1-11-4-10-7-5(12)3-6(14-2)9(13)8(7)11/h3-4H,1-2H3. The van der Waals surface area contributed by atoms with E-state index in [1.165, 1.54) is 18.0 Å². The number of aryl methyl sites for hydroxylation is 1. The van der Waals surface area contributed by atoms with Crippen LogP contribution in [0.25, 0.3) is 0 Å². The monoisotopic (exact) mass is 192 g/mol. The molecule has 0 aromatic carbocycles. The van der Waals surface area contributed by atoms with Gasteiger partial charge in [-0.25, -0.2) is 4.98 Å². The Morgan fingerprint density at radius 2 is 2.14 bits per heavy atom. The molecule has 0 bridgehead atoms. The molecular weight excluding hydrogens is 184 g/mol. The van der Waals surface area contributed by atoms with Gasteiger partial charge in [-0.05, 0) is 0 Å². The highest BCUT2D eigenvalue weighted by Crippen LogP contribution is 2.19. The van der Waals surface area contributed by atoms with E-state index in [-0.39, 0.29) is 28.7 Å². The van der Waals surface area contributed by atoms with Crippen LogP contribution in [0.3, 0.4) is 0 Å². The number of aromatic nitrogens is 2. The van der Waals surface area contributed by atoms with E-state index in [1.807, 2.05) is 0 Å². The second kappa shape index (κ2) is 2.80. The Bertz CT molecular complexity index is 457. The SMILES string of the molecule is COC1=CC(=O)c2ncn(C)c2C1=O. The van der Waals surface area contributed by atoms with Crippen LogP contribution in [0.5, 0.6) is 0 Å². The van der Waals surface area contributed by atoms with Crippen LogP contribution in [0, 0.1) is 0 Å². The number of ether oxygens (including phenoxy) is 1. The van der Waals surface area contributed by atoms with Crippen LogP contribution in [-0.2, 0) is 11.8 Å². The fourth-order valence-electron chi connectivity index (χ4n) is 1.40. The number of ketones is 2. The third kappa shape index (κ3) is 0.985. The van der Waals surface area contributed by atoms with E-state index in [2.05, 4.69) is 4.98 Å². The quantitative estimate of drug-likeness (QED) is 0.643. The molecule has 0 unspecified atom stereocenters. The molecule has 0 N–H and O–H groups in total. The molecule has 0 aliphatic heterocycles. The summed E-state index contributed by atoms with van der Waals surface area (Å²) in [5.74, 6) is -0.537. The first kappa shape index (κ1) is 8.68. The van der Waals surface area contributed by atoms with E-state index in [0.717, 1.165) is 6.08 Å². The van der Waals surface area contributed by atoms with Crippen LogP contribution < -0.4 is 0 Å². The van der Waals surface area contributed by atoms with Crippen molar-refractivity contribution >= 4 is 11.6 Å². The topological polar surface area (TPSA) is 61.2 Å². The lowest BCUT2D eigenvalue weighted by molar-refractivity contribution is 0.0908. The smallest absolute Gasteiger partial charge is 0.246 e. The summed E-state index contributed by atoms with van der Waals surface area (Å²) in [7, 11) is 3.02. The van der Waals surface area contributed by atoms with Gasteiger partial charge in [0.2, 0.25) is 11.6 Å². The van der Waals surface area contributed by atoms with Gasteiger partial charge in [0.15, 0.2) is 5.76 Å². The molecule has 1 aromatic heterocycles. The van der Waals surface area contributed by atoms with E-state index in [4.69, 9.17) is 4.74 Å². The van der Waals surface area contributed by atoms with Gasteiger partial charge in [-0.2, -0.15) is 0 Å². The highest BCUT2D eigenvalue weighted by Gasteiger charge is 2.30. The third-order valence-electron chi connectivity index (χ3n) is 2.09. The second-order valence-corrected chi connectivity index (χ2v) is 2.96. The number of allylic oxidation sites excluding steroid dienone is 2. The Labute approximate surface area is 80.0 Å². The van der Waals surface area contributed by atoms with Crippen molar-refractivity contribution in [1.82, 2.24) is 9.55 Å². The maximum Gasteiger partial charge on any atom is 0.246 e. The Hall–Kier alpha value is -1.91. The van der Waals surface area contributed by atoms with Gasteiger partial charge in [-0.3, -0.25) is 9.59 Å². The minimum atomic E-state index is -0.304. The summed E-state index contributed by atoms with van der Waals surface area (Å²) < 4.78 is 6.32. The minimum absolute atomic E-state index is 0.0612. The lowest BCUT2D eigenvalue weighted by Crippen LogP contribution is -2.20. The summed E-state index contributed by atoms with van der Waals surface area (Å²) >= 11 is 0. The fourth-order valence-corrected chi connectivity index (χ4v) is 1.40. The van der Waals surface area contributed by atoms with Gasteiger partial charge in [0.25, 0.3) is 0 Å². The maximum atomic E-state index is 11.7. The molecule has 5 heteroatoms. The molecule has 0 saturated carbocycles. The van der Waals surface area contributed by atoms with E-state index < -0.39 is 0 Å².